The van der Waals surface area contributed by atoms with Crippen molar-refractivity contribution in [2.24, 2.45) is 7.05 Å². The molecule has 1 aromatic heterocycles. The van der Waals surface area contributed by atoms with Crippen molar-refractivity contribution in [3.63, 3.8) is 0 Å². The van der Waals surface area contributed by atoms with Crippen LogP contribution in [0.3, 0.4) is 0 Å². The van der Waals surface area contributed by atoms with Crippen LogP contribution in [0.5, 0.6) is 0 Å². The zero-order chi connectivity index (χ0) is 19.1. The van der Waals surface area contributed by atoms with Gasteiger partial charge in [0.1, 0.15) is 0 Å². The van der Waals surface area contributed by atoms with Gasteiger partial charge >= 0.3 is 0 Å². The molecule has 27 heavy (non-hydrogen) atoms. The first kappa shape index (κ1) is 19.2. The van der Waals surface area contributed by atoms with E-state index in [1.807, 2.05) is 48.1 Å². The molecule has 140 valence electrons. The monoisotopic (exact) mass is 379 g/mol. The van der Waals surface area contributed by atoms with Crippen LogP contribution in [0.1, 0.15) is 25.3 Å². The zero-order valence-corrected chi connectivity index (χ0v) is 16.6. The number of rotatable bonds is 8. The number of benzene rings is 2. The molecule has 0 fully saturated rings. The van der Waals surface area contributed by atoms with Gasteiger partial charge in [-0.15, -0.1) is 0 Å². The standard InChI is InChI=1S/C22H25N3OS/c1-3-4-8-17-11-13-19(14-12-17)24-21(26)16-27-22-23-15-20(25(22)2)18-9-6-5-7-10-18/h5-7,9-15H,3-4,8,16H2,1-2H3,(H,24,26). The SMILES string of the molecule is CCCCc1ccc(NC(=O)CSc2ncc(-c3ccccc3)n2C)cc1. The average Bonchev–Trinajstić information content (AvgIpc) is 3.07. The molecule has 0 spiro atoms. The Labute approximate surface area is 165 Å². The number of thioether (sulfide) groups is 1. The average molecular weight is 380 g/mol. The highest BCUT2D eigenvalue weighted by Crippen LogP contribution is 2.24. The molecule has 0 bridgehead atoms. The first-order valence-corrected chi connectivity index (χ1v) is 10.2. The summed E-state index contributed by atoms with van der Waals surface area (Å²) in [4.78, 5) is 16.7. The van der Waals surface area contributed by atoms with Crippen LogP contribution in [0, 0.1) is 0 Å². The minimum atomic E-state index is -0.0226. The van der Waals surface area contributed by atoms with Gasteiger partial charge in [0.15, 0.2) is 5.16 Å². The van der Waals surface area contributed by atoms with Crippen LogP contribution < -0.4 is 5.32 Å². The minimum absolute atomic E-state index is 0.0226. The third-order valence-electron chi connectivity index (χ3n) is 4.40. The Morgan fingerprint density at radius 1 is 1.11 bits per heavy atom. The predicted octanol–water partition coefficient (Wildman–Crippen LogP) is 5.16. The van der Waals surface area contributed by atoms with E-state index in [1.165, 1.54) is 30.2 Å². The lowest BCUT2D eigenvalue weighted by Crippen LogP contribution is -2.14. The van der Waals surface area contributed by atoms with Crippen molar-refractivity contribution in [2.75, 3.05) is 11.1 Å². The Balaban J connectivity index is 1.54. The first-order chi connectivity index (χ1) is 13.2. The van der Waals surface area contributed by atoms with Gasteiger partial charge in [0.05, 0.1) is 17.6 Å². The molecule has 0 unspecified atom stereocenters. The fraction of sp³-hybridized carbons (Fsp3) is 0.273. The third kappa shape index (κ3) is 5.23. The normalized spacial score (nSPS) is 10.7. The van der Waals surface area contributed by atoms with Crippen molar-refractivity contribution >= 4 is 23.4 Å². The maximum Gasteiger partial charge on any atom is 0.234 e. The van der Waals surface area contributed by atoms with E-state index in [1.54, 1.807) is 0 Å². The Morgan fingerprint density at radius 3 is 2.56 bits per heavy atom. The fourth-order valence-corrected chi connectivity index (χ4v) is 3.62. The van der Waals surface area contributed by atoms with E-state index in [0.29, 0.717) is 5.75 Å². The molecule has 0 saturated heterocycles. The molecule has 0 atom stereocenters. The highest BCUT2D eigenvalue weighted by atomic mass is 32.2. The summed E-state index contributed by atoms with van der Waals surface area (Å²) in [6, 6.07) is 18.3. The summed E-state index contributed by atoms with van der Waals surface area (Å²) in [5.74, 6) is 0.307. The van der Waals surface area contributed by atoms with Crippen molar-refractivity contribution < 1.29 is 4.79 Å². The number of aryl methyl sites for hydroxylation is 1. The number of nitrogens with one attached hydrogen (secondary N) is 1. The van der Waals surface area contributed by atoms with Crippen LogP contribution in [0.4, 0.5) is 5.69 Å². The number of aromatic nitrogens is 2. The molecule has 4 nitrogen and oxygen atoms in total. The molecule has 1 heterocycles. The second-order valence-electron chi connectivity index (χ2n) is 6.49. The second kappa shape index (κ2) is 9.42. The molecule has 0 aliphatic carbocycles. The summed E-state index contributed by atoms with van der Waals surface area (Å²) in [6.45, 7) is 2.19. The number of carbonyl (C=O) groups is 1. The molecule has 1 amide bonds. The molecule has 5 heteroatoms. The Morgan fingerprint density at radius 2 is 1.85 bits per heavy atom. The van der Waals surface area contributed by atoms with Gasteiger partial charge in [-0.1, -0.05) is 67.6 Å². The van der Waals surface area contributed by atoms with Crippen LogP contribution in [0.25, 0.3) is 11.3 Å². The van der Waals surface area contributed by atoms with Gasteiger partial charge in [-0.3, -0.25) is 4.79 Å². The lowest BCUT2D eigenvalue weighted by molar-refractivity contribution is -0.113. The number of carbonyl (C=O) groups excluding carboxylic acids is 1. The van der Waals surface area contributed by atoms with Crippen molar-refractivity contribution in [1.82, 2.24) is 9.55 Å². The maximum atomic E-state index is 12.3. The lowest BCUT2D eigenvalue weighted by atomic mass is 10.1. The molecule has 1 N–H and O–H groups in total. The summed E-state index contributed by atoms with van der Waals surface area (Å²) in [5, 5.41) is 3.79. The molecule has 3 aromatic rings. The van der Waals surface area contributed by atoms with Gasteiger partial charge < -0.3 is 9.88 Å². The summed E-state index contributed by atoms with van der Waals surface area (Å²) in [7, 11) is 1.98. The van der Waals surface area contributed by atoms with Crippen molar-refractivity contribution in [3.05, 3.63) is 66.4 Å². The Bertz CT molecular complexity index is 872. The molecular weight excluding hydrogens is 354 g/mol. The van der Waals surface area contributed by atoms with E-state index >= 15 is 0 Å². The van der Waals surface area contributed by atoms with Crippen molar-refractivity contribution in [1.29, 1.82) is 0 Å². The maximum absolute atomic E-state index is 12.3. The van der Waals surface area contributed by atoms with Gasteiger partial charge in [-0.2, -0.15) is 0 Å². The summed E-state index contributed by atoms with van der Waals surface area (Å²) >= 11 is 1.44. The van der Waals surface area contributed by atoms with E-state index in [0.717, 1.165) is 28.5 Å². The molecule has 0 aliphatic rings. The number of anilines is 1. The van der Waals surface area contributed by atoms with Crippen LogP contribution in [-0.2, 0) is 18.3 Å². The van der Waals surface area contributed by atoms with E-state index in [-0.39, 0.29) is 5.91 Å². The molecule has 2 aromatic carbocycles. The van der Waals surface area contributed by atoms with Gasteiger partial charge in [-0.25, -0.2) is 4.98 Å². The molecule has 3 rings (SSSR count). The quantitative estimate of drug-likeness (QED) is 0.550. The second-order valence-corrected chi connectivity index (χ2v) is 7.43. The highest BCUT2D eigenvalue weighted by Gasteiger charge is 2.11. The predicted molar refractivity (Wildman–Crippen MR) is 113 cm³/mol. The van der Waals surface area contributed by atoms with E-state index in [4.69, 9.17) is 0 Å². The van der Waals surface area contributed by atoms with Gasteiger partial charge in [0.2, 0.25) is 5.91 Å². The first-order valence-electron chi connectivity index (χ1n) is 9.26. The van der Waals surface area contributed by atoms with Gasteiger partial charge in [0, 0.05) is 12.7 Å². The number of imidazole rings is 1. The van der Waals surface area contributed by atoms with E-state index < -0.39 is 0 Å². The van der Waals surface area contributed by atoms with Gasteiger partial charge in [-0.05, 0) is 36.1 Å². The number of amides is 1. The van der Waals surface area contributed by atoms with Crippen LogP contribution in [0.15, 0.2) is 66.0 Å². The molecule has 0 radical (unpaired) electrons. The fourth-order valence-electron chi connectivity index (χ4n) is 2.87. The molecular formula is C22H25N3OS. The summed E-state index contributed by atoms with van der Waals surface area (Å²) in [5.41, 5.74) is 4.31. The van der Waals surface area contributed by atoms with Crippen LogP contribution in [-0.4, -0.2) is 21.2 Å². The van der Waals surface area contributed by atoms with Gasteiger partial charge in [0.25, 0.3) is 0 Å². The summed E-state index contributed by atoms with van der Waals surface area (Å²) < 4.78 is 2.02. The number of nitrogens with zero attached hydrogens (tertiary/aromatic N) is 2. The van der Waals surface area contributed by atoms with E-state index in [9.17, 15) is 4.79 Å². The number of hydrogen-bond donors (Lipinski definition) is 1. The largest absolute Gasteiger partial charge is 0.325 e. The number of unbranched alkanes of at least 4 members (excludes halogenated alkanes) is 1. The van der Waals surface area contributed by atoms with Crippen molar-refractivity contribution in [2.45, 2.75) is 31.3 Å². The van der Waals surface area contributed by atoms with Crippen molar-refractivity contribution in [3.8, 4) is 11.3 Å². The number of hydrogen-bond acceptors (Lipinski definition) is 3. The highest BCUT2D eigenvalue weighted by molar-refractivity contribution is 7.99. The molecule has 0 aliphatic heterocycles. The van der Waals surface area contributed by atoms with E-state index in [2.05, 4.69) is 41.5 Å². The lowest BCUT2D eigenvalue weighted by Gasteiger charge is -2.08. The topological polar surface area (TPSA) is 46.9 Å². The molecule has 0 saturated carbocycles. The Hall–Kier alpha value is -2.53. The zero-order valence-electron chi connectivity index (χ0n) is 15.8. The summed E-state index contributed by atoms with van der Waals surface area (Å²) in [6.07, 6.45) is 5.32. The minimum Gasteiger partial charge on any atom is -0.325 e. The third-order valence-corrected chi connectivity index (χ3v) is 5.45. The van der Waals surface area contributed by atoms with Crippen LogP contribution in [0.2, 0.25) is 0 Å². The smallest absolute Gasteiger partial charge is 0.234 e. The van der Waals surface area contributed by atoms with Crippen LogP contribution >= 0.6 is 11.8 Å². The Kier molecular flexibility index (Phi) is 6.71.